The molecule has 0 aromatic rings. The normalized spacial score (nSPS) is 22.5. The maximum Gasteiger partial charge on any atom is 0.0798 e. The van der Waals surface area contributed by atoms with Crippen LogP contribution in [0.3, 0.4) is 0 Å². The highest BCUT2D eigenvalue weighted by Crippen LogP contribution is 2.27. The van der Waals surface area contributed by atoms with Crippen LogP contribution in [-0.2, 0) is 0 Å². The molecule has 0 spiro atoms. The molecule has 1 N–H and O–H groups in total. The Bertz CT molecular complexity index is 143. The predicted octanol–water partition coefficient (Wildman–Crippen LogP) is 1.93. The van der Waals surface area contributed by atoms with E-state index in [0.717, 1.165) is 19.4 Å². The van der Waals surface area contributed by atoms with Gasteiger partial charge in [0.25, 0.3) is 0 Å². The second-order valence-electron chi connectivity index (χ2n) is 3.32. The minimum Gasteiger partial charge on any atom is -0.301 e. The lowest BCUT2D eigenvalue weighted by molar-refractivity contribution is 0.307. The third-order valence-electron chi connectivity index (χ3n) is 2.50. The molecular weight excluding hydrogens is 134 g/mol. The number of terminal acetylenes is 1. The van der Waals surface area contributed by atoms with Gasteiger partial charge < -0.3 is 5.32 Å². The van der Waals surface area contributed by atoms with Crippen molar-refractivity contribution in [1.29, 1.82) is 0 Å². The van der Waals surface area contributed by atoms with E-state index in [1.54, 1.807) is 0 Å². The summed E-state index contributed by atoms with van der Waals surface area (Å²) in [6, 6.07) is 0. The topological polar surface area (TPSA) is 12.0 Å². The molecule has 1 rings (SSSR count). The predicted molar refractivity (Wildman–Crippen MR) is 48.3 cm³/mol. The highest BCUT2D eigenvalue weighted by atomic mass is 15.0. The first-order valence-corrected chi connectivity index (χ1v) is 4.56. The molecule has 1 nitrogen and oxygen atoms in total. The Kier molecular flexibility index (Phi) is 2.96. The highest BCUT2D eigenvalue weighted by Gasteiger charge is 2.27. The highest BCUT2D eigenvalue weighted by molar-refractivity contribution is 5.13. The van der Waals surface area contributed by atoms with Crippen LogP contribution in [-0.4, -0.2) is 12.1 Å². The molecule has 0 aromatic heterocycles. The standard InChI is InChI=1S/C10H17N/c1-3-10(11-4-2)8-6-5-7-9-10/h1,11H,4-9H2,2H3. The van der Waals surface area contributed by atoms with E-state index in [4.69, 9.17) is 6.42 Å². The molecule has 0 amide bonds. The SMILES string of the molecule is C#CC1(NCC)CCCCC1. The van der Waals surface area contributed by atoms with Gasteiger partial charge in [-0.05, 0) is 19.4 Å². The first-order chi connectivity index (χ1) is 5.33. The van der Waals surface area contributed by atoms with Gasteiger partial charge in [-0.25, -0.2) is 0 Å². The second kappa shape index (κ2) is 3.78. The zero-order valence-electron chi connectivity index (χ0n) is 7.32. The minimum atomic E-state index is 0.0486. The van der Waals surface area contributed by atoms with Crippen molar-refractivity contribution in [2.24, 2.45) is 0 Å². The van der Waals surface area contributed by atoms with Crippen LogP contribution in [0.25, 0.3) is 0 Å². The first-order valence-electron chi connectivity index (χ1n) is 4.56. The monoisotopic (exact) mass is 151 g/mol. The fraction of sp³-hybridized carbons (Fsp3) is 0.800. The summed E-state index contributed by atoms with van der Waals surface area (Å²) in [5.74, 6) is 2.91. The van der Waals surface area contributed by atoms with Crippen molar-refractivity contribution in [2.75, 3.05) is 6.54 Å². The molecule has 1 fully saturated rings. The summed E-state index contributed by atoms with van der Waals surface area (Å²) < 4.78 is 0. The second-order valence-corrected chi connectivity index (χ2v) is 3.32. The Morgan fingerprint density at radius 1 is 1.36 bits per heavy atom. The molecule has 0 bridgehead atoms. The van der Waals surface area contributed by atoms with Crippen molar-refractivity contribution in [2.45, 2.75) is 44.6 Å². The van der Waals surface area contributed by atoms with Crippen LogP contribution in [0.1, 0.15) is 39.0 Å². The summed E-state index contributed by atoms with van der Waals surface area (Å²) in [4.78, 5) is 0. The lowest BCUT2D eigenvalue weighted by atomic mass is 9.82. The number of hydrogen-bond donors (Lipinski definition) is 1. The van der Waals surface area contributed by atoms with E-state index in [-0.39, 0.29) is 5.54 Å². The van der Waals surface area contributed by atoms with Crippen molar-refractivity contribution in [1.82, 2.24) is 5.32 Å². The molecule has 1 aliphatic rings. The van der Waals surface area contributed by atoms with Crippen LogP contribution >= 0.6 is 0 Å². The molecule has 0 heterocycles. The van der Waals surface area contributed by atoms with E-state index < -0.39 is 0 Å². The molecule has 0 aromatic carbocycles. The Labute approximate surface area is 69.6 Å². The molecular formula is C10H17N. The van der Waals surface area contributed by atoms with Gasteiger partial charge in [0, 0.05) is 0 Å². The largest absolute Gasteiger partial charge is 0.301 e. The van der Waals surface area contributed by atoms with Crippen molar-refractivity contribution >= 4 is 0 Å². The van der Waals surface area contributed by atoms with Crippen LogP contribution in [0.15, 0.2) is 0 Å². The fourth-order valence-electron chi connectivity index (χ4n) is 1.87. The van der Waals surface area contributed by atoms with E-state index in [2.05, 4.69) is 18.2 Å². The zero-order chi connectivity index (χ0) is 8.16. The van der Waals surface area contributed by atoms with Crippen LogP contribution in [0.5, 0.6) is 0 Å². The van der Waals surface area contributed by atoms with Crippen LogP contribution in [0.2, 0.25) is 0 Å². The average molecular weight is 151 g/mol. The molecule has 1 saturated carbocycles. The molecule has 0 atom stereocenters. The van der Waals surface area contributed by atoms with Gasteiger partial charge in [0.1, 0.15) is 0 Å². The van der Waals surface area contributed by atoms with E-state index in [0.29, 0.717) is 0 Å². The van der Waals surface area contributed by atoms with Crippen molar-refractivity contribution in [3.8, 4) is 12.3 Å². The lowest BCUT2D eigenvalue weighted by Gasteiger charge is -2.33. The van der Waals surface area contributed by atoms with E-state index in [1.807, 2.05) is 0 Å². The van der Waals surface area contributed by atoms with Crippen molar-refractivity contribution < 1.29 is 0 Å². The Balaban J connectivity index is 2.51. The Morgan fingerprint density at radius 2 is 2.00 bits per heavy atom. The molecule has 0 radical (unpaired) electrons. The van der Waals surface area contributed by atoms with E-state index >= 15 is 0 Å². The first kappa shape index (κ1) is 8.62. The van der Waals surface area contributed by atoms with Gasteiger partial charge in [-0.1, -0.05) is 32.1 Å². The van der Waals surface area contributed by atoms with Gasteiger partial charge >= 0.3 is 0 Å². The summed E-state index contributed by atoms with van der Waals surface area (Å²) in [7, 11) is 0. The van der Waals surface area contributed by atoms with Gasteiger partial charge in [-0.3, -0.25) is 0 Å². The Hall–Kier alpha value is -0.480. The summed E-state index contributed by atoms with van der Waals surface area (Å²) in [6.45, 7) is 3.11. The molecule has 0 aliphatic heterocycles. The average Bonchev–Trinajstić information content (AvgIpc) is 2.07. The van der Waals surface area contributed by atoms with Crippen molar-refractivity contribution in [3.05, 3.63) is 0 Å². The molecule has 0 saturated heterocycles. The van der Waals surface area contributed by atoms with Crippen molar-refractivity contribution in [3.63, 3.8) is 0 Å². The molecule has 0 unspecified atom stereocenters. The molecule has 1 heteroatoms. The van der Waals surface area contributed by atoms with Crippen LogP contribution in [0.4, 0.5) is 0 Å². The maximum absolute atomic E-state index is 5.51. The van der Waals surface area contributed by atoms with Gasteiger partial charge in [0.15, 0.2) is 0 Å². The molecule has 1 aliphatic carbocycles. The van der Waals surface area contributed by atoms with Gasteiger partial charge in [-0.15, -0.1) is 6.42 Å². The van der Waals surface area contributed by atoms with E-state index in [1.165, 1.54) is 19.3 Å². The fourth-order valence-corrected chi connectivity index (χ4v) is 1.87. The van der Waals surface area contributed by atoms with Gasteiger partial charge in [-0.2, -0.15) is 0 Å². The van der Waals surface area contributed by atoms with Gasteiger partial charge in [0.2, 0.25) is 0 Å². The maximum atomic E-state index is 5.51. The molecule has 11 heavy (non-hydrogen) atoms. The number of hydrogen-bond acceptors (Lipinski definition) is 1. The van der Waals surface area contributed by atoms with Crippen LogP contribution < -0.4 is 5.32 Å². The summed E-state index contributed by atoms with van der Waals surface area (Å²) >= 11 is 0. The number of rotatable bonds is 2. The quantitative estimate of drug-likeness (QED) is 0.595. The smallest absolute Gasteiger partial charge is 0.0798 e. The molecule has 62 valence electrons. The minimum absolute atomic E-state index is 0.0486. The van der Waals surface area contributed by atoms with Crippen LogP contribution in [0, 0.1) is 12.3 Å². The number of nitrogens with one attached hydrogen (secondary N) is 1. The summed E-state index contributed by atoms with van der Waals surface area (Å²) in [5, 5.41) is 3.41. The van der Waals surface area contributed by atoms with Gasteiger partial charge in [0.05, 0.1) is 5.54 Å². The third kappa shape index (κ3) is 1.97. The van der Waals surface area contributed by atoms with E-state index in [9.17, 15) is 0 Å². The zero-order valence-corrected chi connectivity index (χ0v) is 7.32. The summed E-state index contributed by atoms with van der Waals surface area (Å²) in [6.07, 6.45) is 11.8. The third-order valence-corrected chi connectivity index (χ3v) is 2.50. The lowest BCUT2D eigenvalue weighted by Crippen LogP contribution is -2.45. The Morgan fingerprint density at radius 3 is 2.45 bits per heavy atom. The summed E-state index contributed by atoms with van der Waals surface area (Å²) in [5.41, 5.74) is 0.0486.